The van der Waals surface area contributed by atoms with Crippen molar-refractivity contribution in [3.63, 3.8) is 0 Å². The predicted octanol–water partition coefficient (Wildman–Crippen LogP) is 3.78. The maximum Gasteiger partial charge on any atom is 0.340 e. The lowest BCUT2D eigenvalue weighted by atomic mass is 9.96. The first kappa shape index (κ1) is 19.3. The zero-order chi connectivity index (χ0) is 21.3. The van der Waals surface area contributed by atoms with E-state index in [1.165, 1.54) is 12.1 Å². The molecule has 1 unspecified atom stereocenters. The van der Waals surface area contributed by atoms with E-state index in [4.69, 9.17) is 4.84 Å². The molecule has 0 N–H and O–H groups in total. The smallest absolute Gasteiger partial charge is 0.329 e. The van der Waals surface area contributed by atoms with Crippen LogP contribution in [0.15, 0.2) is 78.9 Å². The first-order valence-electron chi connectivity index (χ1n) is 9.36. The van der Waals surface area contributed by atoms with Crippen molar-refractivity contribution in [2.45, 2.75) is 12.8 Å². The minimum Gasteiger partial charge on any atom is -0.329 e. The van der Waals surface area contributed by atoms with E-state index in [9.17, 15) is 19.2 Å². The van der Waals surface area contributed by atoms with Crippen molar-refractivity contribution < 1.29 is 24.0 Å². The molecule has 1 aliphatic heterocycles. The van der Waals surface area contributed by atoms with Crippen LogP contribution in [-0.4, -0.2) is 28.6 Å². The fraction of sp³-hybridized carbons (Fsp3) is 0.0833. The average Bonchev–Trinajstić information content (AvgIpc) is 3.03. The molecule has 4 rings (SSSR count). The molecule has 0 saturated carbocycles. The van der Waals surface area contributed by atoms with Gasteiger partial charge in [0.15, 0.2) is 5.78 Å². The number of hydroxylamine groups is 2. The monoisotopic (exact) mass is 399 g/mol. The maximum absolute atomic E-state index is 12.7. The van der Waals surface area contributed by atoms with E-state index in [1.54, 1.807) is 67.6 Å². The fourth-order valence-electron chi connectivity index (χ4n) is 3.26. The molecule has 6 heteroatoms. The van der Waals surface area contributed by atoms with Gasteiger partial charge in [-0.05, 0) is 30.7 Å². The highest BCUT2D eigenvalue weighted by molar-refractivity contribution is 6.21. The molecule has 1 aliphatic rings. The van der Waals surface area contributed by atoms with Gasteiger partial charge in [-0.15, -0.1) is 0 Å². The van der Waals surface area contributed by atoms with Crippen molar-refractivity contribution >= 4 is 23.6 Å². The number of amides is 2. The van der Waals surface area contributed by atoms with Crippen molar-refractivity contribution in [2.75, 3.05) is 0 Å². The first-order valence-corrected chi connectivity index (χ1v) is 9.36. The van der Waals surface area contributed by atoms with E-state index in [2.05, 4.69) is 0 Å². The lowest BCUT2D eigenvalue weighted by molar-refractivity contribution is -0.170. The lowest BCUT2D eigenvalue weighted by Gasteiger charge is -2.17. The Balaban J connectivity index is 1.52. The third kappa shape index (κ3) is 3.39. The summed E-state index contributed by atoms with van der Waals surface area (Å²) in [6.07, 6.45) is 0. The quantitative estimate of drug-likeness (QED) is 0.482. The highest BCUT2D eigenvalue weighted by Crippen LogP contribution is 2.25. The largest absolute Gasteiger partial charge is 0.340 e. The normalized spacial score (nSPS) is 13.7. The van der Waals surface area contributed by atoms with Crippen molar-refractivity contribution in [3.8, 4) is 0 Å². The molecule has 0 radical (unpaired) electrons. The Morgan fingerprint density at radius 2 is 1.33 bits per heavy atom. The molecule has 0 bridgehead atoms. The summed E-state index contributed by atoms with van der Waals surface area (Å²) in [5, 5.41) is 0.489. The molecule has 3 aromatic carbocycles. The van der Waals surface area contributed by atoms with Gasteiger partial charge in [-0.25, -0.2) is 4.79 Å². The van der Waals surface area contributed by atoms with Crippen LogP contribution in [0.1, 0.15) is 55.0 Å². The van der Waals surface area contributed by atoms with Crippen molar-refractivity contribution in [3.05, 3.63) is 107 Å². The molecule has 0 aromatic heterocycles. The van der Waals surface area contributed by atoms with Gasteiger partial charge in [0, 0.05) is 11.1 Å². The van der Waals surface area contributed by atoms with Gasteiger partial charge in [-0.2, -0.15) is 0 Å². The molecule has 2 amide bonds. The summed E-state index contributed by atoms with van der Waals surface area (Å²) in [4.78, 5) is 55.2. The zero-order valence-electron chi connectivity index (χ0n) is 16.1. The number of hydrogen-bond acceptors (Lipinski definition) is 5. The summed E-state index contributed by atoms with van der Waals surface area (Å²) < 4.78 is 0. The zero-order valence-corrected chi connectivity index (χ0v) is 16.1. The molecule has 6 nitrogen and oxygen atoms in total. The molecule has 148 valence electrons. The van der Waals surface area contributed by atoms with Crippen LogP contribution in [0.5, 0.6) is 0 Å². The predicted molar refractivity (Wildman–Crippen MR) is 108 cm³/mol. The van der Waals surface area contributed by atoms with Gasteiger partial charge in [0.1, 0.15) is 0 Å². The molecule has 0 aliphatic carbocycles. The molecule has 0 fully saturated rings. The summed E-state index contributed by atoms with van der Waals surface area (Å²) >= 11 is 0. The van der Waals surface area contributed by atoms with Crippen LogP contribution in [0, 0.1) is 0 Å². The van der Waals surface area contributed by atoms with Crippen LogP contribution in [-0.2, 0) is 9.63 Å². The molecule has 3 aromatic rings. The Kier molecular flexibility index (Phi) is 4.98. The molecular formula is C24H17NO5. The van der Waals surface area contributed by atoms with Crippen molar-refractivity contribution in [1.82, 2.24) is 5.06 Å². The topological polar surface area (TPSA) is 80.8 Å². The number of benzene rings is 3. The second-order valence-electron chi connectivity index (χ2n) is 6.90. The summed E-state index contributed by atoms with van der Waals surface area (Å²) in [7, 11) is 0. The van der Waals surface area contributed by atoms with Crippen molar-refractivity contribution in [1.29, 1.82) is 0 Å². The number of ketones is 1. The Labute approximate surface area is 172 Å². The van der Waals surface area contributed by atoms with Gasteiger partial charge in [-0.3, -0.25) is 14.4 Å². The Bertz CT molecular complexity index is 1130. The van der Waals surface area contributed by atoms with E-state index in [1.807, 2.05) is 6.07 Å². The van der Waals surface area contributed by atoms with Crippen LogP contribution in [0.4, 0.5) is 0 Å². The molecule has 0 spiro atoms. The summed E-state index contributed by atoms with van der Waals surface area (Å²) in [6.45, 7) is 1.59. The minimum absolute atomic E-state index is 0.168. The maximum atomic E-state index is 12.7. The third-order valence-corrected chi connectivity index (χ3v) is 4.98. The van der Waals surface area contributed by atoms with E-state index < -0.39 is 23.7 Å². The number of nitrogens with zero attached hydrogens (tertiary/aromatic N) is 1. The minimum atomic E-state index is -0.794. The van der Waals surface area contributed by atoms with Crippen LogP contribution in [0.3, 0.4) is 0 Å². The van der Waals surface area contributed by atoms with Gasteiger partial charge in [-0.1, -0.05) is 65.7 Å². The summed E-state index contributed by atoms with van der Waals surface area (Å²) in [5.41, 5.74) is 1.89. The molecule has 0 saturated heterocycles. The Morgan fingerprint density at radius 3 is 1.97 bits per heavy atom. The van der Waals surface area contributed by atoms with Crippen LogP contribution in [0.2, 0.25) is 0 Å². The second-order valence-corrected chi connectivity index (χ2v) is 6.90. The van der Waals surface area contributed by atoms with Gasteiger partial charge in [0.05, 0.1) is 17.0 Å². The van der Waals surface area contributed by atoms with Gasteiger partial charge in [0.25, 0.3) is 11.8 Å². The number of imide groups is 1. The third-order valence-electron chi connectivity index (χ3n) is 4.98. The molecule has 30 heavy (non-hydrogen) atoms. The highest BCUT2D eigenvalue weighted by atomic mass is 16.7. The van der Waals surface area contributed by atoms with Crippen molar-refractivity contribution in [2.24, 2.45) is 0 Å². The van der Waals surface area contributed by atoms with E-state index in [0.717, 1.165) is 0 Å². The Hall–Kier alpha value is -4.06. The highest BCUT2D eigenvalue weighted by Gasteiger charge is 2.39. The Morgan fingerprint density at radius 1 is 0.767 bits per heavy atom. The molecular weight excluding hydrogens is 382 g/mol. The van der Waals surface area contributed by atoms with Gasteiger partial charge >= 0.3 is 5.97 Å². The number of fused-ring (bicyclic) bond motifs is 1. The van der Waals surface area contributed by atoms with Crippen LogP contribution >= 0.6 is 0 Å². The summed E-state index contributed by atoms with van der Waals surface area (Å²) in [6, 6.07) is 21.7. The van der Waals surface area contributed by atoms with Gasteiger partial charge < -0.3 is 4.84 Å². The second kappa shape index (κ2) is 7.75. The summed E-state index contributed by atoms with van der Waals surface area (Å²) in [5.74, 6) is -3.08. The average molecular weight is 399 g/mol. The molecule has 1 heterocycles. The molecule has 1 atom stereocenters. The number of carbonyl (C=O) groups excluding carboxylic acids is 4. The van der Waals surface area contributed by atoms with E-state index in [0.29, 0.717) is 21.8 Å². The fourth-order valence-corrected chi connectivity index (χ4v) is 3.26. The standard InChI is InChI=1S/C24H17NO5/c1-15(17-10-7-11-18(14-17)21(26)16-8-3-2-4-9-16)24(29)30-25-22(27)19-12-5-6-13-20(19)23(25)28/h2-15H,1H3. The van der Waals surface area contributed by atoms with Crippen LogP contribution in [0.25, 0.3) is 0 Å². The van der Waals surface area contributed by atoms with E-state index in [-0.39, 0.29) is 16.9 Å². The lowest BCUT2D eigenvalue weighted by Crippen LogP contribution is -2.34. The number of carbonyl (C=O) groups is 4. The first-order chi connectivity index (χ1) is 14.5. The van der Waals surface area contributed by atoms with Crippen LogP contribution < -0.4 is 0 Å². The number of rotatable bonds is 5. The van der Waals surface area contributed by atoms with Gasteiger partial charge in [0.2, 0.25) is 0 Å². The van der Waals surface area contributed by atoms with E-state index >= 15 is 0 Å². The SMILES string of the molecule is CC(C(=O)ON1C(=O)c2ccccc2C1=O)c1cccc(C(=O)c2ccccc2)c1. The number of hydrogen-bond donors (Lipinski definition) is 0.